The monoisotopic (exact) mass is 234 g/mol. The molecule has 0 unspecified atom stereocenters. The smallest absolute Gasteiger partial charge is 0.151 e. The number of fused-ring (bicyclic) bond motifs is 1. The lowest BCUT2D eigenvalue weighted by Gasteiger charge is -1.91. The summed E-state index contributed by atoms with van der Waals surface area (Å²) in [7, 11) is 0. The first-order valence-corrected chi connectivity index (χ1v) is 6.55. The van der Waals surface area contributed by atoms with Crippen LogP contribution < -0.4 is 0 Å². The third-order valence-corrected chi connectivity index (χ3v) is 4.20. The van der Waals surface area contributed by atoms with E-state index in [-0.39, 0.29) is 0 Å². The molecule has 0 amide bonds. The van der Waals surface area contributed by atoms with Gasteiger partial charge in [-0.2, -0.15) is 5.26 Å². The van der Waals surface area contributed by atoms with E-state index in [4.69, 9.17) is 5.26 Å². The zero-order valence-corrected chi connectivity index (χ0v) is 9.77. The summed E-state index contributed by atoms with van der Waals surface area (Å²) >= 11 is 3.47. The van der Waals surface area contributed by atoms with Crippen molar-refractivity contribution in [1.29, 1.82) is 5.26 Å². The van der Waals surface area contributed by atoms with Crippen molar-refractivity contribution in [1.82, 2.24) is 4.98 Å². The van der Waals surface area contributed by atoms with E-state index >= 15 is 0 Å². The number of benzene rings is 1. The van der Waals surface area contributed by atoms with Crippen LogP contribution in [0.15, 0.2) is 28.6 Å². The highest BCUT2D eigenvalue weighted by Gasteiger charge is 2.02. The number of nitrogens with zero attached hydrogens (tertiary/aromatic N) is 2. The number of thiazole rings is 1. The molecule has 2 rings (SSSR count). The first-order chi connectivity index (χ1) is 7.40. The number of unbranched alkanes of at least 4 members (excludes halogenated alkanes) is 1. The van der Waals surface area contributed by atoms with Gasteiger partial charge in [-0.1, -0.05) is 23.9 Å². The van der Waals surface area contributed by atoms with E-state index in [2.05, 4.69) is 17.1 Å². The lowest BCUT2D eigenvalue weighted by Crippen LogP contribution is -1.77. The summed E-state index contributed by atoms with van der Waals surface area (Å²) in [5, 5.41) is 8.41. The van der Waals surface area contributed by atoms with Crippen molar-refractivity contribution in [2.24, 2.45) is 0 Å². The van der Waals surface area contributed by atoms with Gasteiger partial charge in [0, 0.05) is 12.2 Å². The topological polar surface area (TPSA) is 36.7 Å². The Balaban J connectivity index is 2.00. The molecule has 0 saturated heterocycles. The average molecular weight is 234 g/mol. The van der Waals surface area contributed by atoms with E-state index in [0.717, 1.165) is 22.0 Å². The molecule has 0 saturated carbocycles. The van der Waals surface area contributed by atoms with Gasteiger partial charge in [0.15, 0.2) is 4.34 Å². The number of hydrogen-bond donors (Lipinski definition) is 0. The maximum Gasteiger partial charge on any atom is 0.151 e. The summed E-state index contributed by atoms with van der Waals surface area (Å²) < 4.78 is 2.34. The third-order valence-electron chi connectivity index (χ3n) is 1.93. The summed E-state index contributed by atoms with van der Waals surface area (Å²) in [6.45, 7) is 0. The maximum atomic E-state index is 8.41. The SMILES string of the molecule is N#CCCCSc1nc2ccccc2s1. The van der Waals surface area contributed by atoms with Crippen molar-refractivity contribution in [3.63, 3.8) is 0 Å². The van der Waals surface area contributed by atoms with Gasteiger partial charge < -0.3 is 0 Å². The second-order valence-corrected chi connectivity index (χ2v) is 5.43. The number of rotatable bonds is 4. The van der Waals surface area contributed by atoms with Crippen LogP contribution in [0.5, 0.6) is 0 Å². The van der Waals surface area contributed by atoms with E-state index in [1.165, 1.54) is 4.70 Å². The van der Waals surface area contributed by atoms with Gasteiger partial charge in [-0.05, 0) is 18.6 Å². The van der Waals surface area contributed by atoms with Crippen LogP contribution in [-0.2, 0) is 0 Å². The predicted molar refractivity (Wildman–Crippen MR) is 65.2 cm³/mol. The Labute approximate surface area is 96.9 Å². The minimum atomic E-state index is 0.637. The molecule has 0 N–H and O–H groups in total. The fourth-order valence-corrected chi connectivity index (χ4v) is 3.30. The molecule has 2 aromatic rings. The normalized spacial score (nSPS) is 10.3. The zero-order valence-electron chi connectivity index (χ0n) is 8.14. The van der Waals surface area contributed by atoms with Crippen molar-refractivity contribution in [2.45, 2.75) is 17.2 Å². The largest absolute Gasteiger partial charge is 0.230 e. The molecule has 4 heteroatoms. The average Bonchev–Trinajstić information content (AvgIpc) is 2.67. The van der Waals surface area contributed by atoms with Gasteiger partial charge in [0.25, 0.3) is 0 Å². The lowest BCUT2D eigenvalue weighted by atomic mass is 10.3. The van der Waals surface area contributed by atoms with Crippen molar-refractivity contribution in [2.75, 3.05) is 5.75 Å². The van der Waals surface area contributed by atoms with Gasteiger partial charge in [0.05, 0.1) is 16.3 Å². The van der Waals surface area contributed by atoms with E-state index in [9.17, 15) is 0 Å². The highest BCUT2D eigenvalue weighted by molar-refractivity contribution is 8.01. The number of hydrogen-bond acceptors (Lipinski definition) is 4. The summed E-state index contributed by atoms with van der Waals surface area (Å²) in [6, 6.07) is 10.3. The quantitative estimate of drug-likeness (QED) is 0.598. The summed E-state index contributed by atoms with van der Waals surface area (Å²) in [6.07, 6.45) is 1.58. The molecule has 0 radical (unpaired) electrons. The van der Waals surface area contributed by atoms with E-state index in [0.29, 0.717) is 6.42 Å². The molecule has 0 atom stereocenters. The molecular formula is C11H10N2S2. The summed E-state index contributed by atoms with van der Waals surface area (Å²) in [5.74, 6) is 0.980. The highest BCUT2D eigenvalue weighted by Crippen LogP contribution is 2.29. The molecular weight excluding hydrogens is 224 g/mol. The fraction of sp³-hybridized carbons (Fsp3) is 0.273. The fourth-order valence-electron chi connectivity index (χ4n) is 1.22. The molecule has 1 heterocycles. The second kappa shape index (κ2) is 5.15. The highest BCUT2D eigenvalue weighted by atomic mass is 32.2. The summed E-state index contributed by atoms with van der Waals surface area (Å²) in [4.78, 5) is 4.51. The minimum absolute atomic E-state index is 0.637. The standard InChI is InChI=1S/C11H10N2S2/c12-7-3-4-8-14-11-13-9-5-1-2-6-10(9)15-11/h1-2,5-6H,3-4,8H2. The molecule has 1 aromatic carbocycles. The number of para-hydroxylation sites is 1. The van der Waals surface area contributed by atoms with Crippen LogP contribution in [0.4, 0.5) is 0 Å². The Morgan fingerprint density at radius 3 is 3.07 bits per heavy atom. The first-order valence-electron chi connectivity index (χ1n) is 4.75. The first kappa shape index (κ1) is 10.5. The van der Waals surface area contributed by atoms with E-state index < -0.39 is 0 Å². The number of aromatic nitrogens is 1. The molecule has 0 bridgehead atoms. The van der Waals surface area contributed by atoms with Gasteiger partial charge in [0.2, 0.25) is 0 Å². The predicted octanol–water partition coefficient (Wildman–Crippen LogP) is 3.69. The minimum Gasteiger partial charge on any atom is -0.230 e. The van der Waals surface area contributed by atoms with Gasteiger partial charge in [-0.15, -0.1) is 11.3 Å². The molecule has 0 aliphatic heterocycles. The molecule has 0 aliphatic carbocycles. The Kier molecular flexibility index (Phi) is 3.59. The van der Waals surface area contributed by atoms with Crippen molar-refractivity contribution in [3.05, 3.63) is 24.3 Å². The van der Waals surface area contributed by atoms with E-state index in [1.54, 1.807) is 23.1 Å². The van der Waals surface area contributed by atoms with Gasteiger partial charge >= 0.3 is 0 Å². The van der Waals surface area contributed by atoms with Gasteiger partial charge in [-0.25, -0.2) is 4.98 Å². The Hall–Kier alpha value is -1.05. The van der Waals surface area contributed by atoms with Crippen molar-refractivity contribution < 1.29 is 0 Å². The van der Waals surface area contributed by atoms with Crippen LogP contribution in [0.1, 0.15) is 12.8 Å². The van der Waals surface area contributed by atoms with Crippen molar-refractivity contribution >= 4 is 33.3 Å². The molecule has 15 heavy (non-hydrogen) atoms. The van der Waals surface area contributed by atoms with Crippen LogP contribution in [0.3, 0.4) is 0 Å². The summed E-state index contributed by atoms with van der Waals surface area (Å²) in [5.41, 5.74) is 1.07. The Morgan fingerprint density at radius 2 is 2.27 bits per heavy atom. The van der Waals surface area contributed by atoms with Crippen LogP contribution in [0.2, 0.25) is 0 Å². The maximum absolute atomic E-state index is 8.41. The molecule has 0 aliphatic rings. The van der Waals surface area contributed by atoms with Crippen LogP contribution >= 0.6 is 23.1 Å². The third kappa shape index (κ3) is 2.71. The molecule has 0 spiro atoms. The van der Waals surface area contributed by atoms with Gasteiger partial charge in [0.1, 0.15) is 0 Å². The van der Waals surface area contributed by atoms with Crippen molar-refractivity contribution in [3.8, 4) is 6.07 Å². The number of nitriles is 1. The van der Waals surface area contributed by atoms with Crippen LogP contribution in [-0.4, -0.2) is 10.7 Å². The molecule has 76 valence electrons. The Morgan fingerprint density at radius 1 is 1.40 bits per heavy atom. The molecule has 1 aromatic heterocycles. The van der Waals surface area contributed by atoms with Crippen LogP contribution in [0.25, 0.3) is 10.2 Å². The Bertz CT molecular complexity index is 452. The lowest BCUT2D eigenvalue weighted by molar-refractivity contribution is 0.980. The number of thioether (sulfide) groups is 1. The van der Waals surface area contributed by atoms with Gasteiger partial charge in [-0.3, -0.25) is 0 Å². The second-order valence-electron chi connectivity index (χ2n) is 3.06. The van der Waals surface area contributed by atoms with Crippen LogP contribution in [0, 0.1) is 11.3 Å². The van der Waals surface area contributed by atoms with E-state index in [1.807, 2.05) is 18.2 Å². The zero-order chi connectivity index (χ0) is 10.5. The molecule has 0 fully saturated rings. The molecule has 2 nitrogen and oxygen atoms in total.